The number of fused-ring (bicyclic) bond motifs is 1. The van der Waals surface area contributed by atoms with Crippen molar-refractivity contribution in [1.82, 2.24) is 9.78 Å². The second kappa shape index (κ2) is 8.73. The van der Waals surface area contributed by atoms with E-state index in [4.69, 9.17) is 11.6 Å². The van der Waals surface area contributed by atoms with Crippen LogP contribution in [0.2, 0.25) is 5.02 Å². The Morgan fingerprint density at radius 2 is 1.94 bits per heavy atom. The summed E-state index contributed by atoms with van der Waals surface area (Å²) in [5.41, 5.74) is 2.33. The van der Waals surface area contributed by atoms with E-state index in [-0.39, 0.29) is 42.1 Å². The lowest BCUT2D eigenvalue weighted by molar-refractivity contribution is -0.116. The van der Waals surface area contributed by atoms with Crippen LogP contribution in [0.15, 0.2) is 65.5 Å². The van der Waals surface area contributed by atoms with E-state index in [1.165, 1.54) is 12.1 Å². The van der Waals surface area contributed by atoms with Crippen molar-refractivity contribution in [1.29, 1.82) is 0 Å². The average molecular weight is 437 g/mol. The largest absolute Gasteiger partial charge is 0.326 e. The number of anilines is 2. The van der Waals surface area contributed by atoms with Crippen molar-refractivity contribution >= 4 is 34.8 Å². The molecule has 1 aliphatic heterocycles. The Morgan fingerprint density at radius 3 is 2.74 bits per heavy atom. The minimum absolute atomic E-state index is 0.00412. The molecule has 1 N–H and O–H groups in total. The molecular weight excluding hydrogens is 416 g/mol. The van der Waals surface area contributed by atoms with Crippen LogP contribution in [0.5, 0.6) is 0 Å². The van der Waals surface area contributed by atoms with Gasteiger partial charge in [0.05, 0.1) is 6.54 Å². The molecule has 4 rings (SSSR count). The predicted molar refractivity (Wildman–Crippen MR) is 120 cm³/mol. The van der Waals surface area contributed by atoms with E-state index in [9.17, 15) is 14.4 Å². The number of para-hydroxylation sites is 1. The normalized spacial score (nSPS) is 14.9. The minimum Gasteiger partial charge on any atom is -0.326 e. The monoisotopic (exact) mass is 436 g/mol. The molecule has 2 heterocycles. The molecule has 1 atom stereocenters. The molecule has 158 valence electrons. The van der Waals surface area contributed by atoms with Crippen LogP contribution in [0.1, 0.15) is 29.4 Å². The number of hydrogen-bond donors (Lipinski definition) is 1. The first-order chi connectivity index (χ1) is 14.9. The number of carbonyl (C=O) groups excluding carboxylic acids is 2. The quantitative estimate of drug-likeness (QED) is 0.663. The standard InChI is InChI=1S/C23H21ClN4O3/c1-15-13-16-5-2-3-8-20(16)28(15)23(31)19-9-10-22(30)27(26-19)12-11-21(29)25-18-7-4-6-17(24)14-18/h2-10,14-15H,11-13H2,1H3,(H,25,29)/t15-/m1/s1. The summed E-state index contributed by atoms with van der Waals surface area (Å²) in [7, 11) is 0. The summed E-state index contributed by atoms with van der Waals surface area (Å²) in [5.74, 6) is -0.552. The highest BCUT2D eigenvalue weighted by atomic mass is 35.5. The Balaban J connectivity index is 1.48. The van der Waals surface area contributed by atoms with Crippen LogP contribution >= 0.6 is 11.6 Å². The first-order valence-electron chi connectivity index (χ1n) is 9.97. The maximum atomic E-state index is 13.2. The van der Waals surface area contributed by atoms with E-state index in [0.717, 1.165) is 22.4 Å². The zero-order valence-corrected chi connectivity index (χ0v) is 17.7. The van der Waals surface area contributed by atoms with Gasteiger partial charge in [0.2, 0.25) is 5.91 Å². The molecule has 0 aliphatic carbocycles. The van der Waals surface area contributed by atoms with Crippen molar-refractivity contribution in [2.24, 2.45) is 0 Å². The lowest BCUT2D eigenvalue weighted by atomic mass is 10.1. The van der Waals surface area contributed by atoms with Crippen LogP contribution in [0.4, 0.5) is 11.4 Å². The van der Waals surface area contributed by atoms with Gasteiger partial charge >= 0.3 is 0 Å². The second-order valence-corrected chi connectivity index (χ2v) is 7.88. The molecule has 3 aromatic rings. The molecule has 1 aliphatic rings. The van der Waals surface area contributed by atoms with Gasteiger partial charge in [0, 0.05) is 34.9 Å². The van der Waals surface area contributed by atoms with Crippen molar-refractivity contribution in [2.45, 2.75) is 32.4 Å². The van der Waals surface area contributed by atoms with E-state index < -0.39 is 0 Å². The number of amides is 2. The lowest BCUT2D eigenvalue weighted by Crippen LogP contribution is -2.37. The van der Waals surface area contributed by atoms with Crippen LogP contribution in [0.3, 0.4) is 0 Å². The SMILES string of the molecule is C[C@@H]1Cc2ccccc2N1C(=O)c1ccc(=O)n(CCC(=O)Nc2cccc(Cl)c2)n1. The average Bonchev–Trinajstić information content (AvgIpc) is 3.08. The molecule has 7 nitrogen and oxygen atoms in total. The molecule has 31 heavy (non-hydrogen) atoms. The third-order valence-corrected chi connectivity index (χ3v) is 5.41. The first-order valence-corrected chi connectivity index (χ1v) is 10.4. The number of carbonyl (C=O) groups is 2. The van der Waals surface area contributed by atoms with Gasteiger partial charge in [-0.1, -0.05) is 35.9 Å². The topological polar surface area (TPSA) is 84.3 Å². The lowest BCUT2D eigenvalue weighted by Gasteiger charge is -2.22. The van der Waals surface area contributed by atoms with Crippen LogP contribution in [-0.2, 0) is 17.8 Å². The van der Waals surface area contributed by atoms with Crippen molar-refractivity contribution in [3.05, 3.63) is 87.3 Å². The Morgan fingerprint density at radius 1 is 1.13 bits per heavy atom. The molecule has 2 aromatic carbocycles. The van der Waals surface area contributed by atoms with Gasteiger partial charge in [-0.15, -0.1) is 0 Å². The van der Waals surface area contributed by atoms with Gasteiger partial charge in [-0.05, 0) is 49.2 Å². The van der Waals surface area contributed by atoms with E-state index in [1.54, 1.807) is 29.2 Å². The smallest absolute Gasteiger partial charge is 0.278 e. The highest BCUT2D eigenvalue weighted by Gasteiger charge is 2.32. The predicted octanol–water partition coefficient (Wildman–Crippen LogP) is 3.52. The van der Waals surface area contributed by atoms with Crippen molar-refractivity contribution in [3.8, 4) is 0 Å². The van der Waals surface area contributed by atoms with E-state index in [1.807, 2.05) is 31.2 Å². The van der Waals surface area contributed by atoms with Gasteiger partial charge in [-0.3, -0.25) is 14.4 Å². The minimum atomic E-state index is -0.373. The van der Waals surface area contributed by atoms with Gasteiger partial charge in [0.1, 0.15) is 5.69 Å². The zero-order valence-electron chi connectivity index (χ0n) is 16.9. The Kier molecular flexibility index (Phi) is 5.86. The van der Waals surface area contributed by atoms with Gasteiger partial charge in [0.25, 0.3) is 11.5 Å². The highest BCUT2D eigenvalue weighted by molar-refractivity contribution is 6.30. The third kappa shape index (κ3) is 4.51. The molecule has 2 amide bonds. The number of aromatic nitrogens is 2. The zero-order chi connectivity index (χ0) is 22.0. The van der Waals surface area contributed by atoms with E-state index >= 15 is 0 Å². The maximum Gasteiger partial charge on any atom is 0.278 e. The number of nitrogens with zero attached hydrogens (tertiary/aromatic N) is 3. The van der Waals surface area contributed by atoms with Crippen molar-refractivity contribution in [3.63, 3.8) is 0 Å². The third-order valence-electron chi connectivity index (χ3n) is 5.17. The number of hydrogen-bond acceptors (Lipinski definition) is 4. The summed E-state index contributed by atoms with van der Waals surface area (Å²) in [6.07, 6.45) is 0.797. The Bertz CT molecular complexity index is 1210. The molecule has 0 unspecified atom stereocenters. The maximum absolute atomic E-state index is 13.2. The van der Waals surface area contributed by atoms with Crippen molar-refractivity contribution in [2.75, 3.05) is 10.2 Å². The van der Waals surface area contributed by atoms with Gasteiger partial charge in [-0.25, -0.2) is 4.68 Å². The Hall–Kier alpha value is -3.45. The molecule has 8 heteroatoms. The fourth-order valence-electron chi connectivity index (χ4n) is 3.72. The molecule has 0 bridgehead atoms. The summed E-state index contributed by atoms with van der Waals surface area (Å²) in [6, 6.07) is 17.3. The van der Waals surface area contributed by atoms with Crippen LogP contribution in [-0.4, -0.2) is 27.6 Å². The summed E-state index contributed by atoms with van der Waals surface area (Å²) < 4.78 is 1.15. The second-order valence-electron chi connectivity index (χ2n) is 7.45. The van der Waals surface area contributed by atoms with Gasteiger partial charge < -0.3 is 10.2 Å². The number of rotatable bonds is 5. The number of nitrogens with one attached hydrogen (secondary N) is 1. The number of benzene rings is 2. The molecule has 0 fully saturated rings. The van der Waals surface area contributed by atoms with Gasteiger partial charge in [-0.2, -0.15) is 5.10 Å². The molecule has 0 radical (unpaired) electrons. The van der Waals surface area contributed by atoms with Gasteiger partial charge in [0.15, 0.2) is 0 Å². The van der Waals surface area contributed by atoms with Crippen LogP contribution in [0, 0.1) is 0 Å². The summed E-state index contributed by atoms with van der Waals surface area (Å²) in [6.45, 7) is 2.03. The molecule has 0 spiro atoms. The molecule has 0 saturated heterocycles. The molecule has 0 saturated carbocycles. The molecular formula is C23H21ClN4O3. The van der Waals surface area contributed by atoms with Crippen molar-refractivity contribution < 1.29 is 9.59 Å². The van der Waals surface area contributed by atoms with E-state index in [0.29, 0.717) is 10.7 Å². The Labute approximate surface area is 184 Å². The summed E-state index contributed by atoms with van der Waals surface area (Å²) >= 11 is 5.92. The molecule has 1 aromatic heterocycles. The summed E-state index contributed by atoms with van der Waals surface area (Å²) in [4.78, 5) is 39.3. The number of aryl methyl sites for hydroxylation is 1. The van der Waals surface area contributed by atoms with Crippen LogP contribution in [0.25, 0.3) is 0 Å². The first kappa shape index (κ1) is 20.8. The summed E-state index contributed by atoms with van der Waals surface area (Å²) in [5, 5.41) is 7.47. The number of halogens is 1. The van der Waals surface area contributed by atoms with Crippen LogP contribution < -0.4 is 15.8 Å². The highest BCUT2D eigenvalue weighted by Crippen LogP contribution is 2.32. The fraction of sp³-hybridized carbons (Fsp3) is 0.217. The van der Waals surface area contributed by atoms with E-state index in [2.05, 4.69) is 10.4 Å². The fourth-order valence-corrected chi connectivity index (χ4v) is 3.91.